The quantitative estimate of drug-likeness (QED) is 0.358. The van der Waals surface area contributed by atoms with E-state index in [0.717, 1.165) is 48.3 Å². The Bertz CT molecular complexity index is 1180. The smallest absolute Gasteiger partial charge is 0.233 e. The van der Waals surface area contributed by atoms with E-state index >= 15 is 0 Å². The highest BCUT2D eigenvalue weighted by Gasteiger charge is 2.23. The van der Waals surface area contributed by atoms with Gasteiger partial charge in [0.2, 0.25) is 12.7 Å². The summed E-state index contributed by atoms with van der Waals surface area (Å²) < 4.78 is 18.2. The number of nitrogens with zero attached hydrogens (tertiary/aromatic N) is 5. The van der Waals surface area contributed by atoms with Crippen LogP contribution in [0.1, 0.15) is 11.3 Å². The molecule has 0 saturated carbocycles. The van der Waals surface area contributed by atoms with E-state index in [-0.39, 0.29) is 12.7 Å². The van der Waals surface area contributed by atoms with Crippen LogP contribution < -0.4 is 9.47 Å². The monoisotopic (exact) mass is 481 g/mol. The van der Waals surface area contributed by atoms with Crippen LogP contribution in [0.25, 0.3) is 11.4 Å². The zero-order valence-corrected chi connectivity index (χ0v) is 19.9. The summed E-state index contributed by atoms with van der Waals surface area (Å²) >= 11 is 1.41. The number of piperazine rings is 1. The Morgan fingerprint density at radius 1 is 1.15 bits per heavy atom. The van der Waals surface area contributed by atoms with Crippen LogP contribution in [-0.4, -0.2) is 69.2 Å². The highest BCUT2D eigenvalue weighted by atomic mass is 32.2. The summed E-state index contributed by atoms with van der Waals surface area (Å²) in [6.07, 6.45) is 3.44. The van der Waals surface area contributed by atoms with Crippen LogP contribution in [0.15, 0.2) is 52.8 Å². The molecule has 0 unspecified atom stereocenters. The number of ether oxygens (including phenoxy) is 2. The van der Waals surface area contributed by atoms with Gasteiger partial charge in [-0.3, -0.25) is 14.3 Å². The van der Waals surface area contributed by atoms with Crippen LogP contribution in [0, 0.1) is 6.92 Å². The molecular formula is C24H27N5O4S. The fourth-order valence-electron chi connectivity index (χ4n) is 4.18. The summed E-state index contributed by atoms with van der Waals surface area (Å²) in [4.78, 5) is 17.2. The first kappa shape index (κ1) is 22.5. The van der Waals surface area contributed by atoms with Crippen molar-refractivity contribution >= 4 is 17.7 Å². The normalized spacial score (nSPS) is 15.6. The van der Waals surface area contributed by atoms with Gasteiger partial charge < -0.3 is 18.8 Å². The fraction of sp³-hybridized carbons (Fsp3) is 0.375. The average molecular weight is 482 g/mol. The van der Waals surface area contributed by atoms with Gasteiger partial charge in [0.15, 0.2) is 22.5 Å². The van der Waals surface area contributed by atoms with Gasteiger partial charge in [-0.05, 0) is 30.7 Å². The number of rotatable bonds is 8. The van der Waals surface area contributed by atoms with Gasteiger partial charge in [0.05, 0.1) is 17.6 Å². The molecule has 0 N–H and O–H groups in total. The first-order valence-corrected chi connectivity index (χ1v) is 12.2. The van der Waals surface area contributed by atoms with Gasteiger partial charge in [-0.15, -0.1) is 16.8 Å². The van der Waals surface area contributed by atoms with Crippen molar-refractivity contribution in [2.24, 2.45) is 0 Å². The number of hydrogen-bond donors (Lipinski definition) is 0. The van der Waals surface area contributed by atoms with Crippen LogP contribution in [-0.2, 0) is 17.9 Å². The van der Waals surface area contributed by atoms with Gasteiger partial charge >= 0.3 is 0 Å². The number of fused-ring (bicyclic) bond motifs is 1. The minimum absolute atomic E-state index is 0.113. The highest BCUT2D eigenvalue weighted by molar-refractivity contribution is 7.99. The molecule has 1 aromatic carbocycles. The molecule has 0 spiro atoms. The number of hydrogen-bond acceptors (Lipinski definition) is 8. The first-order chi connectivity index (χ1) is 16.6. The molecular weight excluding hydrogens is 454 g/mol. The van der Waals surface area contributed by atoms with Crippen molar-refractivity contribution in [2.75, 3.05) is 38.7 Å². The highest BCUT2D eigenvalue weighted by Crippen LogP contribution is 2.33. The fourth-order valence-corrected chi connectivity index (χ4v) is 5.03. The summed E-state index contributed by atoms with van der Waals surface area (Å²) in [7, 11) is 0. The van der Waals surface area contributed by atoms with Gasteiger partial charge in [-0.25, -0.2) is 0 Å². The third kappa shape index (κ3) is 4.69. The average Bonchev–Trinajstić information content (AvgIpc) is 3.58. The third-order valence-electron chi connectivity index (χ3n) is 6.02. The summed E-state index contributed by atoms with van der Waals surface area (Å²) in [6.45, 7) is 10.5. The van der Waals surface area contributed by atoms with Gasteiger partial charge in [0.1, 0.15) is 5.76 Å². The molecule has 9 nitrogen and oxygen atoms in total. The van der Waals surface area contributed by atoms with Crippen molar-refractivity contribution in [1.82, 2.24) is 24.6 Å². The van der Waals surface area contributed by atoms with Gasteiger partial charge in [-0.1, -0.05) is 23.9 Å². The zero-order chi connectivity index (χ0) is 23.5. The van der Waals surface area contributed by atoms with Crippen LogP contribution in [0.4, 0.5) is 0 Å². The summed E-state index contributed by atoms with van der Waals surface area (Å²) in [5.41, 5.74) is 2.08. The second-order valence-corrected chi connectivity index (χ2v) is 9.17. The molecule has 1 fully saturated rings. The minimum atomic E-state index is 0.113. The standard InChI is InChI=1S/C24H27N5O4S/c1-3-7-29-23(19-6-12-31-17(19)2)25-26-24(29)34-15-22(30)28-10-8-27(9-11-28)14-18-4-5-20-21(13-18)33-16-32-20/h3-6,12-13H,1,7-11,14-16H2,2H3. The van der Waals surface area contributed by atoms with Crippen LogP contribution >= 0.6 is 11.8 Å². The molecule has 5 rings (SSSR count). The Hall–Kier alpha value is -3.24. The summed E-state index contributed by atoms with van der Waals surface area (Å²) in [5.74, 6) is 3.54. The SMILES string of the molecule is C=CCn1c(SCC(=O)N2CCN(Cc3ccc4c(c3)OCO4)CC2)nnc1-c1ccoc1C. The van der Waals surface area contributed by atoms with Gasteiger partial charge in [0.25, 0.3) is 0 Å². The van der Waals surface area contributed by atoms with Crippen molar-refractivity contribution in [3.05, 3.63) is 54.5 Å². The van der Waals surface area contributed by atoms with E-state index in [1.165, 1.54) is 17.3 Å². The van der Waals surface area contributed by atoms with Crippen molar-refractivity contribution in [2.45, 2.75) is 25.2 Å². The third-order valence-corrected chi connectivity index (χ3v) is 6.97. The summed E-state index contributed by atoms with van der Waals surface area (Å²) in [6, 6.07) is 7.94. The van der Waals surface area contributed by atoms with Crippen molar-refractivity contribution in [1.29, 1.82) is 0 Å². The molecule has 1 saturated heterocycles. The predicted molar refractivity (Wildman–Crippen MR) is 128 cm³/mol. The molecule has 4 heterocycles. The topological polar surface area (TPSA) is 85.9 Å². The van der Waals surface area contributed by atoms with E-state index < -0.39 is 0 Å². The lowest BCUT2D eigenvalue weighted by atomic mass is 10.1. The number of thioether (sulfide) groups is 1. The molecule has 1 amide bonds. The molecule has 3 aromatic rings. The molecule has 10 heteroatoms. The number of aromatic nitrogens is 3. The first-order valence-electron chi connectivity index (χ1n) is 11.2. The Balaban J connectivity index is 1.14. The maximum atomic E-state index is 12.9. The lowest BCUT2D eigenvalue weighted by Crippen LogP contribution is -2.48. The number of benzene rings is 1. The van der Waals surface area contributed by atoms with Gasteiger partial charge in [0, 0.05) is 39.3 Å². The van der Waals surface area contributed by atoms with E-state index in [1.807, 2.05) is 34.6 Å². The number of carbonyl (C=O) groups excluding carboxylic acids is 1. The van der Waals surface area contributed by atoms with E-state index in [1.54, 1.807) is 12.3 Å². The van der Waals surface area contributed by atoms with Crippen molar-refractivity contribution < 1.29 is 18.7 Å². The lowest BCUT2D eigenvalue weighted by molar-refractivity contribution is -0.130. The van der Waals surface area contributed by atoms with Gasteiger partial charge in [-0.2, -0.15) is 0 Å². The Kier molecular flexibility index (Phi) is 6.59. The van der Waals surface area contributed by atoms with E-state index in [0.29, 0.717) is 30.5 Å². The molecule has 0 radical (unpaired) electrons. The zero-order valence-electron chi connectivity index (χ0n) is 19.1. The maximum Gasteiger partial charge on any atom is 0.233 e. The largest absolute Gasteiger partial charge is 0.469 e. The molecule has 0 aliphatic carbocycles. The number of aryl methyl sites for hydroxylation is 1. The molecule has 0 bridgehead atoms. The van der Waals surface area contributed by atoms with Crippen LogP contribution in [0.3, 0.4) is 0 Å². The molecule has 34 heavy (non-hydrogen) atoms. The Morgan fingerprint density at radius 2 is 1.97 bits per heavy atom. The molecule has 178 valence electrons. The van der Waals surface area contributed by atoms with E-state index in [9.17, 15) is 4.79 Å². The lowest BCUT2D eigenvalue weighted by Gasteiger charge is -2.34. The predicted octanol–water partition coefficient (Wildman–Crippen LogP) is 3.20. The van der Waals surface area contributed by atoms with E-state index in [4.69, 9.17) is 13.9 Å². The van der Waals surface area contributed by atoms with Crippen LogP contribution in [0.5, 0.6) is 11.5 Å². The molecule has 2 aliphatic rings. The number of furan rings is 1. The number of carbonyl (C=O) groups is 1. The molecule has 2 aromatic heterocycles. The van der Waals surface area contributed by atoms with Crippen LogP contribution in [0.2, 0.25) is 0 Å². The van der Waals surface area contributed by atoms with E-state index in [2.05, 4.69) is 27.7 Å². The number of amides is 1. The maximum absolute atomic E-state index is 12.9. The molecule has 0 atom stereocenters. The second-order valence-electron chi connectivity index (χ2n) is 8.23. The Morgan fingerprint density at radius 3 is 2.74 bits per heavy atom. The van der Waals surface area contributed by atoms with Crippen molar-refractivity contribution in [3.63, 3.8) is 0 Å². The molecule has 2 aliphatic heterocycles. The second kappa shape index (κ2) is 9.94. The van der Waals surface area contributed by atoms with Crippen molar-refractivity contribution in [3.8, 4) is 22.9 Å². The minimum Gasteiger partial charge on any atom is -0.469 e. The summed E-state index contributed by atoms with van der Waals surface area (Å²) in [5, 5.41) is 9.36. The Labute approximate surface area is 202 Å². The number of allylic oxidation sites excluding steroid dienone is 1.